The molecule has 3 aromatic rings. The summed E-state index contributed by atoms with van der Waals surface area (Å²) in [5.74, 6) is -0.547. The van der Waals surface area contributed by atoms with Gasteiger partial charge in [-0.05, 0) is 55.2 Å². The standard InChI is InChI=1S/C27H26N2O2/c1-4-28(18-21-11-7-5-8-12-21)25-24(22-13-9-6-10-14-22)26(30)29(27(25)31)23-16-19(2)15-20(3)17-23/h5-17H,4,18H2,1-3H3. The second-order valence-corrected chi connectivity index (χ2v) is 7.88. The molecule has 0 N–H and O–H groups in total. The lowest BCUT2D eigenvalue weighted by atomic mass is 10.0. The molecule has 1 heterocycles. The molecule has 0 atom stereocenters. The highest BCUT2D eigenvalue weighted by Gasteiger charge is 2.42. The van der Waals surface area contributed by atoms with Crippen molar-refractivity contribution in [2.45, 2.75) is 27.3 Å². The molecule has 0 aliphatic carbocycles. The van der Waals surface area contributed by atoms with Gasteiger partial charge in [-0.1, -0.05) is 66.7 Å². The first kappa shape index (κ1) is 20.6. The molecule has 4 rings (SSSR count). The highest BCUT2D eigenvalue weighted by molar-refractivity contribution is 6.45. The summed E-state index contributed by atoms with van der Waals surface area (Å²) in [5, 5.41) is 0. The van der Waals surface area contributed by atoms with Crippen LogP contribution in [0.5, 0.6) is 0 Å². The molecule has 0 spiro atoms. The van der Waals surface area contributed by atoms with Crippen molar-refractivity contribution < 1.29 is 9.59 Å². The van der Waals surface area contributed by atoms with Crippen LogP contribution in [0.1, 0.15) is 29.2 Å². The molecule has 31 heavy (non-hydrogen) atoms. The van der Waals surface area contributed by atoms with E-state index in [9.17, 15) is 9.59 Å². The van der Waals surface area contributed by atoms with Crippen molar-refractivity contribution >= 4 is 23.1 Å². The Morgan fingerprint density at radius 2 is 1.35 bits per heavy atom. The van der Waals surface area contributed by atoms with Crippen molar-refractivity contribution in [1.82, 2.24) is 4.90 Å². The zero-order chi connectivity index (χ0) is 22.0. The molecular formula is C27H26N2O2. The van der Waals surface area contributed by atoms with Crippen molar-refractivity contribution in [3.63, 3.8) is 0 Å². The molecule has 0 radical (unpaired) electrons. The van der Waals surface area contributed by atoms with Gasteiger partial charge in [0.25, 0.3) is 11.8 Å². The average molecular weight is 411 g/mol. The maximum Gasteiger partial charge on any atom is 0.282 e. The first-order chi connectivity index (χ1) is 15.0. The second kappa shape index (κ2) is 8.60. The number of anilines is 1. The highest BCUT2D eigenvalue weighted by atomic mass is 16.2. The van der Waals surface area contributed by atoms with Gasteiger partial charge in [0.15, 0.2) is 0 Å². The first-order valence-corrected chi connectivity index (χ1v) is 10.5. The van der Waals surface area contributed by atoms with Crippen LogP contribution in [0.15, 0.2) is 84.6 Å². The summed E-state index contributed by atoms with van der Waals surface area (Å²) in [6.07, 6.45) is 0. The molecule has 0 bridgehead atoms. The quantitative estimate of drug-likeness (QED) is 0.530. The van der Waals surface area contributed by atoms with Gasteiger partial charge in [-0.3, -0.25) is 9.59 Å². The molecule has 4 heteroatoms. The number of aryl methyl sites for hydroxylation is 2. The van der Waals surface area contributed by atoms with Crippen molar-refractivity contribution in [2.24, 2.45) is 0 Å². The number of imide groups is 1. The van der Waals surface area contributed by atoms with Crippen LogP contribution >= 0.6 is 0 Å². The van der Waals surface area contributed by atoms with Gasteiger partial charge in [-0.2, -0.15) is 0 Å². The molecule has 2 amide bonds. The number of benzene rings is 3. The molecule has 1 aliphatic heterocycles. The van der Waals surface area contributed by atoms with E-state index >= 15 is 0 Å². The van der Waals surface area contributed by atoms with Gasteiger partial charge in [0, 0.05) is 13.1 Å². The first-order valence-electron chi connectivity index (χ1n) is 10.5. The van der Waals surface area contributed by atoms with E-state index in [4.69, 9.17) is 0 Å². The van der Waals surface area contributed by atoms with Crippen LogP contribution in [0.3, 0.4) is 0 Å². The van der Waals surface area contributed by atoms with E-state index in [-0.39, 0.29) is 11.8 Å². The van der Waals surface area contributed by atoms with E-state index < -0.39 is 0 Å². The molecule has 0 aromatic heterocycles. The number of hydrogen-bond acceptors (Lipinski definition) is 3. The molecule has 3 aromatic carbocycles. The SMILES string of the molecule is CCN(Cc1ccccc1)C1=C(c2ccccc2)C(=O)N(c2cc(C)cc(C)c2)C1=O. The summed E-state index contributed by atoms with van der Waals surface area (Å²) < 4.78 is 0. The normalized spacial score (nSPS) is 13.8. The number of hydrogen-bond donors (Lipinski definition) is 0. The maximum absolute atomic E-state index is 13.7. The molecule has 0 fully saturated rings. The number of nitrogens with zero attached hydrogens (tertiary/aromatic N) is 2. The van der Waals surface area contributed by atoms with Gasteiger partial charge in [0.05, 0.1) is 11.3 Å². The van der Waals surface area contributed by atoms with E-state index in [1.54, 1.807) is 0 Å². The minimum Gasteiger partial charge on any atom is -0.362 e. The molecule has 1 aliphatic rings. The fourth-order valence-corrected chi connectivity index (χ4v) is 4.14. The van der Waals surface area contributed by atoms with E-state index in [1.165, 1.54) is 4.90 Å². The number of likely N-dealkylation sites (N-methyl/N-ethyl adjacent to an activating group) is 1. The van der Waals surface area contributed by atoms with Crippen LogP contribution in [0, 0.1) is 13.8 Å². The molecule has 0 saturated heterocycles. The van der Waals surface area contributed by atoms with Gasteiger partial charge >= 0.3 is 0 Å². The smallest absolute Gasteiger partial charge is 0.282 e. The van der Waals surface area contributed by atoms with Crippen LogP contribution in [-0.2, 0) is 16.1 Å². The monoisotopic (exact) mass is 410 g/mol. The lowest BCUT2D eigenvalue weighted by molar-refractivity contribution is -0.120. The summed E-state index contributed by atoms with van der Waals surface area (Å²) in [4.78, 5) is 30.7. The Morgan fingerprint density at radius 1 is 0.774 bits per heavy atom. The molecule has 0 saturated carbocycles. The van der Waals surface area contributed by atoms with Crippen molar-refractivity contribution in [3.05, 3.63) is 107 Å². The summed E-state index contributed by atoms with van der Waals surface area (Å²) in [6.45, 7) is 7.13. The van der Waals surface area contributed by atoms with Gasteiger partial charge in [-0.25, -0.2) is 4.90 Å². The molecule has 0 unspecified atom stereocenters. The number of amides is 2. The van der Waals surface area contributed by atoms with Crippen LogP contribution in [0.2, 0.25) is 0 Å². The fourth-order valence-electron chi connectivity index (χ4n) is 4.14. The van der Waals surface area contributed by atoms with Crippen LogP contribution in [0.4, 0.5) is 5.69 Å². The second-order valence-electron chi connectivity index (χ2n) is 7.88. The Balaban J connectivity index is 1.84. The van der Waals surface area contributed by atoms with Gasteiger partial charge in [0.1, 0.15) is 5.70 Å². The Hall–Kier alpha value is -3.66. The van der Waals surface area contributed by atoms with Gasteiger partial charge < -0.3 is 4.90 Å². The minimum atomic E-state index is -0.275. The summed E-state index contributed by atoms with van der Waals surface area (Å²) in [6, 6.07) is 25.3. The van der Waals surface area contributed by atoms with Crippen LogP contribution in [-0.4, -0.2) is 23.3 Å². The van der Waals surface area contributed by atoms with Crippen molar-refractivity contribution in [3.8, 4) is 0 Å². The lowest BCUT2D eigenvalue weighted by Crippen LogP contribution is -2.35. The van der Waals surface area contributed by atoms with Crippen molar-refractivity contribution in [2.75, 3.05) is 11.4 Å². The molecular weight excluding hydrogens is 384 g/mol. The Bertz CT molecular complexity index is 1130. The topological polar surface area (TPSA) is 40.6 Å². The predicted molar refractivity (Wildman–Crippen MR) is 124 cm³/mol. The van der Waals surface area contributed by atoms with E-state index in [0.29, 0.717) is 30.0 Å². The van der Waals surface area contributed by atoms with Crippen LogP contribution < -0.4 is 4.90 Å². The third kappa shape index (κ3) is 4.02. The Morgan fingerprint density at radius 3 is 1.94 bits per heavy atom. The highest BCUT2D eigenvalue weighted by Crippen LogP contribution is 2.35. The zero-order valence-electron chi connectivity index (χ0n) is 18.1. The Kier molecular flexibility index (Phi) is 5.72. The number of rotatable bonds is 6. The maximum atomic E-state index is 13.7. The number of carbonyl (C=O) groups excluding carboxylic acids is 2. The van der Waals surface area contributed by atoms with E-state index in [2.05, 4.69) is 0 Å². The largest absolute Gasteiger partial charge is 0.362 e. The van der Waals surface area contributed by atoms with E-state index in [0.717, 1.165) is 22.3 Å². The minimum absolute atomic E-state index is 0.272. The Labute approximate surface area is 183 Å². The third-order valence-electron chi connectivity index (χ3n) is 5.50. The van der Waals surface area contributed by atoms with E-state index in [1.807, 2.05) is 105 Å². The van der Waals surface area contributed by atoms with Crippen molar-refractivity contribution in [1.29, 1.82) is 0 Å². The summed E-state index contributed by atoms with van der Waals surface area (Å²) >= 11 is 0. The zero-order valence-corrected chi connectivity index (χ0v) is 18.1. The van der Waals surface area contributed by atoms with Gasteiger partial charge in [-0.15, -0.1) is 0 Å². The predicted octanol–water partition coefficient (Wildman–Crippen LogP) is 5.11. The fraction of sp³-hybridized carbons (Fsp3) is 0.185. The van der Waals surface area contributed by atoms with Gasteiger partial charge in [0.2, 0.25) is 0 Å². The molecule has 4 nitrogen and oxygen atoms in total. The van der Waals surface area contributed by atoms with Crippen LogP contribution in [0.25, 0.3) is 5.57 Å². The third-order valence-corrected chi connectivity index (χ3v) is 5.50. The molecule has 156 valence electrons. The number of carbonyl (C=O) groups is 2. The average Bonchev–Trinajstić information content (AvgIpc) is 3.02. The summed E-state index contributed by atoms with van der Waals surface area (Å²) in [7, 11) is 0. The summed E-state index contributed by atoms with van der Waals surface area (Å²) in [5.41, 5.74) is 5.42. The lowest BCUT2D eigenvalue weighted by Gasteiger charge is -2.25.